The lowest BCUT2D eigenvalue weighted by atomic mass is 9.96. The summed E-state index contributed by atoms with van der Waals surface area (Å²) in [6, 6.07) is 16.1. The summed E-state index contributed by atoms with van der Waals surface area (Å²) in [5.41, 5.74) is 5.14. The highest BCUT2D eigenvalue weighted by molar-refractivity contribution is 5.85. The Morgan fingerprint density at radius 1 is 0.960 bits per heavy atom. The van der Waals surface area contributed by atoms with Gasteiger partial charge in [-0.15, -0.1) is 4.79 Å². The van der Waals surface area contributed by atoms with Gasteiger partial charge in [0.2, 0.25) is 0 Å². The van der Waals surface area contributed by atoms with Gasteiger partial charge in [0, 0.05) is 22.8 Å². The smallest absolute Gasteiger partial charge is 0.293 e. The van der Waals surface area contributed by atoms with E-state index in [2.05, 4.69) is 15.8 Å². The van der Waals surface area contributed by atoms with Gasteiger partial charge in [-0.2, -0.15) is 5.10 Å². The van der Waals surface area contributed by atoms with Crippen molar-refractivity contribution in [1.29, 1.82) is 0 Å². The molecule has 2 N–H and O–H groups in total. The van der Waals surface area contributed by atoms with Gasteiger partial charge in [-0.05, 0) is 43.2 Å². The fourth-order valence-corrected chi connectivity index (χ4v) is 3.41. The number of hydrogen-bond donors (Lipinski definition) is 2. The maximum absolute atomic E-state index is 12.7. The second-order valence-electron chi connectivity index (χ2n) is 6.62. The van der Waals surface area contributed by atoms with Gasteiger partial charge in [-0.3, -0.25) is 4.79 Å². The third-order valence-corrected chi connectivity index (χ3v) is 4.76. The minimum atomic E-state index is -0.0886. The molecule has 0 saturated heterocycles. The van der Waals surface area contributed by atoms with E-state index >= 15 is 0 Å². The third-order valence-electron chi connectivity index (χ3n) is 4.76. The van der Waals surface area contributed by atoms with Gasteiger partial charge < -0.3 is 10.7 Å². The molecule has 0 bridgehead atoms. The Morgan fingerprint density at radius 3 is 2.56 bits per heavy atom. The highest BCUT2D eigenvalue weighted by atomic mass is 16.1. The molecule has 4 rings (SSSR count). The normalized spacial score (nSPS) is 15.2. The van der Waals surface area contributed by atoms with E-state index in [1.807, 2.05) is 48.5 Å². The fourth-order valence-electron chi connectivity index (χ4n) is 3.41. The minimum absolute atomic E-state index is 0.0886. The van der Waals surface area contributed by atoms with E-state index in [1.54, 1.807) is 6.20 Å². The van der Waals surface area contributed by atoms with E-state index in [1.165, 1.54) is 24.1 Å². The van der Waals surface area contributed by atoms with Crippen LogP contribution in [0.4, 0.5) is 11.4 Å². The summed E-state index contributed by atoms with van der Waals surface area (Å²) in [6.07, 6.45) is 7.68. The quantitative estimate of drug-likeness (QED) is 0.757. The molecule has 128 valence electrons. The molecule has 1 saturated carbocycles. The summed E-state index contributed by atoms with van der Waals surface area (Å²) in [4.78, 5) is 14.1. The van der Waals surface area contributed by atoms with Crippen LogP contribution in [0.15, 0.2) is 59.5 Å². The summed E-state index contributed by atoms with van der Waals surface area (Å²) in [5.74, 6) is 0. The van der Waals surface area contributed by atoms with Crippen molar-refractivity contribution in [3.05, 3.63) is 65.1 Å². The summed E-state index contributed by atoms with van der Waals surface area (Å²) in [5, 5.41) is 9.18. The topological polar surface area (TPSA) is 59.0 Å². The standard InChI is InChI=1S/C20H22N4O/c25-20-19-12-11-18(22-16-7-3-1-4-8-16)13-15(19)14-21-24(20)23-17-9-5-2-6-10-17/h1,3-4,7-8,11-14,17,22-23H,2,5-6,9-10H2. The summed E-state index contributed by atoms with van der Waals surface area (Å²) < 4.78 is 0. The number of hydrogen-bond acceptors (Lipinski definition) is 4. The number of benzene rings is 2. The van der Waals surface area contributed by atoms with Crippen molar-refractivity contribution in [3.63, 3.8) is 0 Å². The highest BCUT2D eigenvalue weighted by Gasteiger charge is 2.14. The lowest BCUT2D eigenvalue weighted by Gasteiger charge is -2.23. The Morgan fingerprint density at radius 2 is 1.76 bits per heavy atom. The molecule has 0 atom stereocenters. The van der Waals surface area contributed by atoms with Gasteiger partial charge in [0.25, 0.3) is 5.56 Å². The molecule has 5 heteroatoms. The zero-order valence-corrected chi connectivity index (χ0v) is 14.1. The molecule has 5 nitrogen and oxygen atoms in total. The van der Waals surface area contributed by atoms with Crippen LogP contribution in [0.25, 0.3) is 10.8 Å². The van der Waals surface area contributed by atoms with Gasteiger partial charge in [0.1, 0.15) is 0 Å². The van der Waals surface area contributed by atoms with Gasteiger partial charge in [-0.25, -0.2) is 0 Å². The molecule has 1 aliphatic rings. The van der Waals surface area contributed by atoms with E-state index in [0.29, 0.717) is 11.4 Å². The van der Waals surface area contributed by atoms with Crippen LogP contribution in [0, 0.1) is 0 Å². The molecule has 0 aliphatic heterocycles. The van der Waals surface area contributed by atoms with Crippen molar-refractivity contribution in [3.8, 4) is 0 Å². The zero-order valence-electron chi connectivity index (χ0n) is 14.1. The van der Waals surface area contributed by atoms with Gasteiger partial charge in [0.15, 0.2) is 0 Å². The number of rotatable bonds is 4. The molecule has 1 fully saturated rings. The molecular weight excluding hydrogens is 312 g/mol. The van der Waals surface area contributed by atoms with Crippen LogP contribution in [0.5, 0.6) is 0 Å². The fraction of sp³-hybridized carbons (Fsp3) is 0.300. The molecule has 1 heterocycles. The number of fused-ring (bicyclic) bond motifs is 1. The molecule has 0 spiro atoms. The molecule has 25 heavy (non-hydrogen) atoms. The monoisotopic (exact) mass is 334 g/mol. The van der Waals surface area contributed by atoms with Crippen LogP contribution in [0.2, 0.25) is 0 Å². The lowest BCUT2D eigenvalue weighted by Crippen LogP contribution is -2.38. The first-order valence-corrected chi connectivity index (χ1v) is 8.90. The zero-order chi connectivity index (χ0) is 17.1. The van der Waals surface area contributed by atoms with Crippen molar-refractivity contribution in [2.75, 3.05) is 10.7 Å². The SMILES string of the molecule is O=c1c2ccc(Nc3ccccc3)cc2cnn1NC1CCCCC1. The number of anilines is 2. The Kier molecular flexibility index (Phi) is 4.37. The molecule has 2 aromatic carbocycles. The number of aromatic nitrogens is 2. The molecule has 0 unspecified atom stereocenters. The summed E-state index contributed by atoms with van der Waals surface area (Å²) in [7, 11) is 0. The number of nitrogens with one attached hydrogen (secondary N) is 2. The maximum atomic E-state index is 12.7. The average molecular weight is 334 g/mol. The van der Waals surface area contributed by atoms with Crippen LogP contribution in [-0.2, 0) is 0 Å². The van der Waals surface area contributed by atoms with E-state index in [0.717, 1.165) is 29.6 Å². The van der Waals surface area contributed by atoms with E-state index in [-0.39, 0.29) is 5.56 Å². The lowest BCUT2D eigenvalue weighted by molar-refractivity contribution is 0.426. The third kappa shape index (κ3) is 3.50. The van der Waals surface area contributed by atoms with Gasteiger partial charge in [-0.1, -0.05) is 37.5 Å². The first-order chi connectivity index (χ1) is 12.3. The van der Waals surface area contributed by atoms with E-state index < -0.39 is 0 Å². The Labute approximate surface area is 146 Å². The molecule has 3 aromatic rings. The molecule has 0 amide bonds. The maximum Gasteiger partial charge on any atom is 0.293 e. The average Bonchev–Trinajstić information content (AvgIpc) is 2.66. The second-order valence-corrected chi connectivity index (χ2v) is 6.62. The van der Waals surface area contributed by atoms with Crippen molar-refractivity contribution in [2.45, 2.75) is 38.1 Å². The first-order valence-electron chi connectivity index (χ1n) is 8.90. The van der Waals surface area contributed by atoms with Gasteiger partial charge in [0.05, 0.1) is 11.6 Å². The predicted octanol–water partition coefficient (Wildman–Crippen LogP) is 4.02. The first kappa shape index (κ1) is 15.7. The number of para-hydroxylation sites is 1. The van der Waals surface area contributed by atoms with Crippen LogP contribution in [0.3, 0.4) is 0 Å². The van der Waals surface area contributed by atoms with Crippen molar-refractivity contribution >= 4 is 22.1 Å². The van der Waals surface area contributed by atoms with Crippen molar-refractivity contribution in [1.82, 2.24) is 9.89 Å². The van der Waals surface area contributed by atoms with Gasteiger partial charge >= 0.3 is 0 Å². The second kappa shape index (κ2) is 6.97. The summed E-state index contributed by atoms with van der Waals surface area (Å²) >= 11 is 0. The molecule has 1 aliphatic carbocycles. The molecule has 0 radical (unpaired) electrons. The molecular formula is C20H22N4O. The Bertz CT molecular complexity index is 914. The van der Waals surface area contributed by atoms with Crippen molar-refractivity contribution in [2.24, 2.45) is 0 Å². The molecule has 1 aromatic heterocycles. The number of nitrogens with zero attached hydrogens (tertiary/aromatic N) is 2. The Hall–Kier alpha value is -2.82. The largest absolute Gasteiger partial charge is 0.356 e. The van der Waals surface area contributed by atoms with Crippen molar-refractivity contribution < 1.29 is 0 Å². The van der Waals surface area contributed by atoms with Crippen LogP contribution in [-0.4, -0.2) is 15.9 Å². The summed E-state index contributed by atoms with van der Waals surface area (Å²) in [6.45, 7) is 0. The van der Waals surface area contributed by atoms with Crippen LogP contribution in [0.1, 0.15) is 32.1 Å². The minimum Gasteiger partial charge on any atom is -0.356 e. The predicted molar refractivity (Wildman–Crippen MR) is 102 cm³/mol. The van der Waals surface area contributed by atoms with E-state index in [9.17, 15) is 4.79 Å². The van der Waals surface area contributed by atoms with Crippen LogP contribution < -0.4 is 16.3 Å². The highest BCUT2D eigenvalue weighted by Crippen LogP contribution is 2.21. The van der Waals surface area contributed by atoms with Crippen LogP contribution >= 0.6 is 0 Å². The van der Waals surface area contributed by atoms with E-state index in [4.69, 9.17) is 0 Å². The Balaban J connectivity index is 1.59.